The van der Waals surface area contributed by atoms with E-state index in [4.69, 9.17) is 0 Å². The number of hydrogen-bond donors (Lipinski definition) is 1. The van der Waals surface area contributed by atoms with Gasteiger partial charge in [0, 0.05) is 12.8 Å². The highest BCUT2D eigenvalue weighted by Crippen LogP contribution is 2.16. The standard InChI is InChI=1S/C11H10O4/c12-7-3-6-10(14)11(15)8-4-1-2-5-9(8)13/h1-2,4-5,7,13H,3,6H2. The van der Waals surface area contributed by atoms with Gasteiger partial charge in [0.05, 0.1) is 5.56 Å². The summed E-state index contributed by atoms with van der Waals surface area (Å²) in [7, 11) is 0. The van der Waals surface area contributed by atoms with Crippen LogP contribution in [0.1, 0.15) is 23.2 Å². The van der Waals surface area contributed by atoms with Gasteiger partial charge in [0.1, 0.15) is 12.0 Å². The van der Waals surface area contributed by atoms with E-state index >= 15 is 0 Å². The fourth-order valence-corrected chi connectivity index (χ4v) is 1.12. The van der Waals surface area contributed by atoms with Gasteiger partial charge in [-0.2, -0.15) is 0 Å². The first-order valence-electron chi connectivity index (χ1n) is 4.46. The minimum atomic E-state index is -0.755. The summed E-state index contributed by atoms with van der Waals surface area (Å²) >= 11 is 0. The van der Waals surface area contributed by atoms with E-state index in [2.05, 4.69) is 0 Å². The van der Waals surface area contributed by atoms with Gasteiger partial charge in [-0.3, -0.25) is 9.59 Å². The van der Waals surface area contributed by atoms with Crippen molar-refractivity contribution in [1.29, 1.82) is 0 Å². The monoisotopic (exact) mass is 206 g/mol. The molecule has 0 aromatic heterocycles. The molecule has 0 aliphatic heterocycles. The van der Waals surface area contributed by atoms with Gasteiger partial charge in [-0.1, -0.05) is 12.1 Å². The molecule has 0 radical (unpaired) electrons. The van der Waals surface area contributed by atoms with Crippen LogP contribution in [0.15, 0.2) is 24.3 Å². The maximum Gasteiger partial charge on any atom is 0.232 e. The van der Waals surface area contributed by atoms with E-state index in [9.17, 15) is 19.5 Å². The molecule has 1 rings (SSSR count). The van der Waals surface area contributed by atoms with E-state index in [1.165, 1.54) is 12.1 Å². The van der Waals surface area contributed by atoms with Crippen LogP contribution in [0.5, 0.6) is 5.75 Å². The van der Waals surface area contributed by atoms with Crippen LogP contribution in [0.25, 0.3) is 0 Å². The molecule has 78 valence electrons. The van der Waals surface area contributed by atoms with Crippen LogP contribution in [-0.2, 0) is 9.59 Å². The van der Waals surface area contributed by atoms with E-state index in [0.717, 1.165) is 0 Å². The average molecular weight is 206 g/mol. The van der Waals surface area contributed by atoms with Crippen molar-refractivity contribution >= 4 is 17.9 Å². The Morgan fingerprint density at radius 2 is 1.93 bits per heavy atom. The molecule has 4 heteroatoms. The van der Waals surface area contributed by atoms with Crippen LogP contribution < -0.4 is 0 Å². The van der Waals surface area contributed by atoms with Crippen LogP contribution in [0.2, 0.25) is 0 Å². The molecule has 0 spiro atoms. The predicted molar refractivity (Wildman–Crippen MR) is 52.7 cm³/mol. The molecule has 0 atom stereocenters. The fourth-order valence-electron chi connectivity index (χ4n) is 1.12. The Bertz CT molecular complexity index is 395. The number of carbonyl (C=O) groups excluding carboxylic acids is 3. The lowest BCUT2D eigenvalue weighted by Gasteiger charge is -2.00. The minimum Gasteiger partial charge on any atom is -0.507 e. The fraction of sp³-hybridized carbons (Fsp3) is 0.182. The van der Waals surface area contributed by atoms with Crippen molar-refractivity contribution in [3.8, 4) is 5.75 Å². The van der Waals surface area contributed by atoms with Gasteiger partial charge >= 0.3 is 0 Å². The van der Waals surface area contributed by atoms with Crippen LogP contribution >= 0.6 is 0 Å². The van der Waals surface area contributed by atoms with Gasteiger partial charge in [-0.15, -0.1) is 0 Å². The zero-order valence-corrected chi connectivity index (χ0v) is 7.97. The Hall–Kier alpha value is -1.97. The molecule has 0 saturated carbocycles. The quantitative estimate of drug-likeness (QED) is 0.445. The summed E-state index contributed by atoms with van der Waals surface area (Å²) in [6.07, 6.45) is 0.491. The summed E-state index contributed by atoms with van der Waals surface area (Å²) in [6, 6.07) is 5.82. The zero-order chi connectivity index (χ0) is 11.3. The molecule has 0 aliphatic carbocycles. The summed E-state index contributed by atoms with van der Waals surface area (Å²) in [5.74, 6) is -1.64. The first-order chi connectivity index (χ1) is 7.16. The molecule has 0 aliphatic rings. The number of carbonyl (C=O) groups is 3. The molecular formula is C11H10O4. The molecule has 1 aromatic rings. The van der Waals surface area contributed by atoms with Crippen LogP contribution in [0.3, 0.4) is 0 Å². The van der Waals surface area contributed by atoms with Gasteiger partial charge in [0.2, 0.25) is 11.6 Å². The molecule has 0 unspecified atom stereocenters. The maximum absolute atomic E-state index is 11.4. The van der Waals surface area contributed by atoms with E-state index in [1.54, 1.807) is 12.1 Å². The topological polar surface area (TPSA) is 71.4 Å². The Kier molecular flexibility index (Phi) is 3.74. The second kappa shape index (κ2) is 5.05. The number of Topliss-reactive ketones (excluding diaryl/α,β-unsaturated/α-hetero) is 2. The average Bonchev–Trinajstić information content (AvgIpc) is 2.25. The maximum atomic E-state index is 11.4. The van der Waals surface area contributed by atoms with Crippen molar-refractivity contribution in [2.24, 2.45) is 0 Å². The number of benzene rings is 1. The van der Waals surface area contributed by atoms with E-state index in [0.29, 0.717) is 6.29 Å². The summed E-state index contributed by atoms with van der Waals surface area (Å²) in [5, 5.41) is 9.31. The molecule has 1 aromatic carbocycles. The molecule has 0 fully saturated rings. The second-order valence-corrected chi connectivity index (χ2v) is 2.97. The molecule has 0 amide bonds. The third-order valence-electron chi connectivity index (χ3n) is 1.89. The van der Waals surface area contributed by atoms with Gasteiger partial charge in [0.25, 0.3) is 0 Å². The number of ketones is 2. The number of aromatic hydroxyl groups is 1. The zero-order valence-electron chi connectivity index (χ0n) is 7.97. The van der Waals surface area contributed by atoms with E-state index in [-0.39, 0.29) is 24.2 Å². The first kappa shape index (κ1) is 11.1. The lowest BCUT2D eigenvalue weighted by Crippen LogP contribution is -2.14. The van der Waals surface area contributed by atoms with E-state index in [1.807, 2.05) is 0 Å². The SMILES string of the molecule is O=CCCC(=O)C(=O)c1ccccc1O. The highest BCUT2D eigenvalue weighted by Gasteiger charge is 2.18. The van der Waals surface area contributed by atoms with Crippen LogP contribution in [-0.4, -0.2) is 23.0 Å². The molecule has 0 saturated heterocycles. The van der Waals surface area contributed by atoms with Gasteiger partial charge in [-0.25, -0.2) is 0 Å². The summed E-state index contributed by atoms with van der Waals surface area (Å²) in [5.41, 5.74) is -0.0200. The summed E-state index contributed by atoms with van der Waals surface area (Å²) in [6.45, 7) is 0. The number of phenols is 1. The predicted octanol–water partition coefficient (Wildman–Crippen LogP) is 1.12. The molecule has 4 nitrogen and oxygen atoms in total. The number of hydrogen-bond acceptors (Lipinski definition) is 4. The molecule has 0 bridgehead atoms. The van der Waals surface area contributed by atoms with Crippen molar-refractivity contribution in [2.45, 2.75) is 12.8 Å². The van der Waals surface area contributed by atoms with Gasteiger partial charge < -0.3 is 9.90 Å². The molecule has 1 N–H and O–H groups in total. The normalized spacial score (nSPS) is 9.60. The molecular weight excluding hydrogens is 196 g/mol. The number of para-hydroxylation sites is 1. The largest absolute Gasteiger partial charge is 0.507 e. The number of phenolic OH excluding ortho intramolecular Hbond substituents is 1. The highest BCUT2D eigenvalue weighted by molar-refractivity contribution is 6.44. The van der Waals surface area contributed by atoms with Crippen molar-refractivity contribution in [2.75, 3.05) is 0 Å². The van der Waals surface area contributed by atoms with Crippen molar-refractivity contribution in [3.63, 3.8) is 0 Å². The van der Waals surface area contributed by atoms with Crippen LogP contribution in [0, 0.1) is 0 Å². The van der Waals surface area contributed by atoms with Crippen molar-refractivity contribution in [3.05, 3.63) is 29.8 Å². The number of rotatable bonds is 5. The molecule has 15 heavy (non-hydrogen) atoms. The van der Waals surface area contributed by atoms with Crippen molar-refractivity contribution < 1.29 is 19.5 Å². The van der Waals surface area contributed by atoms with E-state index < -0.39 is 11.6 Å². The highest BCUT2D eigenvalue weighted by atomic mass is 16.3. The molecule has 0 heterocycles. The Balaban J connectivity index is 2.81. The number of aldehydes is 1. The minimum absolute atomic E-state index is 0.0200. The van der Waals surface area contributed by atoms with Crippen molar-refractivity contribution in [1.82, 2.24) is 0 Å². The first-order valence-corrected chi connectivity index (χ1v) is 4.46. The third kappa shape index (κ3) is 2.74. The Morgan fingerprint density at radius 3 is 2.53 bits per heavy atom. The van der Waals surface area contributed by atoms with Gasteiger partial charge in [-0.05, 0) is 12.1 Å². The Morgan fingerprint density at radius 1 is 1.27 bits per heavy atom. The lowest BCUT2D eigenvalue weighted by atomic mass is 10.0. The second-order valence-electron chi connectivity index (χ2n) is 2.97. The summed E-state index contributed by atoms with van der Waals surface area (Å²) in [4.78, 5) is 32.7. The third-order valence-corrected chi connectivity index (χ3v) is 1.89. The van der Waals surface area contributed by atoms with Gasteiger partial charge in [0.15, 0.2) is 0 Å². The summed E-state index contributed by atoms with van der Waals surface area (Å²) < 4.78 is 0. The van der Waals surface area contributed by atoms with Crippen LogP contribution in [0.4, 0.5) is 0 Å². The lowest BCUT2D eigenvalue weighted by molar-refractivity contribution is -0.117. The Labute approximate surface area is 86.5 Å². The smallest absolute Gasteiger partial charge is 0.232 e.